The van der Waals surface area contributed by atoms with Crippen LogP contribution in [0, 0.1) is 0 Å². The average Bonchev–Trinajstić information content (AvgIpc) is 2.60. The van der Waals surface area contributed by atoms with Gasteiger partial charge in [0.25, 0.3) is 7.82 Å². The number of hydrogen-bond donors (Lipinski definition) is 1. The SMILES string of the molecule is CCCCCCCC/C=C\CCCCCCCC[N+](C)(C)CCOP(=O)([O-])O. The van der Waals surface area contributed by atoms with Gasteiger partial charge in [0.2, 0.25) is 0 Å². The average molecular weight is 420 g/mol. The Bertz CT molecular complexity index is 421. The number of phosphoric acid groups is 1. The van der Waals surface area contributed by atoms with Gasteiger partial charge in [-0.05, 0) is 38.5 Å². The summed E-state index contributed by atoms with van der Waals surface area (Å²) in [4.78, 5) is 19.2. The molecule has 0 aliphatic rings. The minimum Gasteiger partial charge on any atom is -0.756 e. The van der Waals surface area contributed by atoms with Gasteiger partial charge in [-0.15, -0.1) is 0 Å². The fourth-order valence-corrected chi connectivity index (χ4v) is 3.61. The molecule has 0 bridgehead atoms. The Morgan fingerprint density at radius 3 is 1.79 bits per heavy atom. The van der Waals surface area contributed by atoms with Crippen LogP contribution < -0.4 is 4.89 Å². The second kappa shape index (κ2) is 17.7. The first kappa shape index (κ1) is 27.8. The van der Waals surface area contributed by atoms with Gasteiger partial charge in [-0.1, -0.05) is 70.4 Å². The number of quaternary nitrogens is 1. The molecule has 28 heavy (non-hydrogen) atoms. The van der Waals surface area contributed by atoms with Crippen molar-refractivity contribution in [2.24, 2.45) is 0 Å². The standard InChI is InChI=1S/C22H46NO4P/c1-4-5-6-7-8-9-10-11-12-13-14-15-16-17-18-19-20-23(2,3)21-22-27-28(24,25)26/h11-12H,4-10,13-22H2,1-3H3,(H-,24,25,26)/b12-11-. The maximum atomic E-state index is 10.6. The van der Waals surface area contributed by atoms with E-state index in [1.54, 1.807) is 0 Å². The fourth-order valence-electron chi connectivity index (χ4n) is 3.30. The van der Waals surface area contributed by atoms with E-state index in [0.717, 1.165) is 13.0 Å². The molecule has 0 fully saturated rings. The van der Waals surface area contributed by atoms with E-state index in [4.69, 9.17) is 4.89 Å². The predicted molar refractivity (Wildman–Crippen MR) is 117 cm³/mol. The number of likely N-dealkylation sites (N-methyl/N-ethyl adjacent to an activating group) is 1. The molecule has 1 unspecified atom stereocenters. The monoisotopic (exact) mass is 419 g/mol. The van der Waals surface area contributed by atoms with E-state index in [1.165, 1.54) is 83.5 Å². The summed E-state index contributed by atoms with van der Waals surface area (Å²) < 4.78 is 15.7. The minimum absolute atomic E-state index is 0.0383. The molecule has 0 saturated carbocycles. The zero-order valence-corrected chi connectivity index (χ0v) is 19.6. The molecular formula is C22H46NO4P. The molecule has 0 saturated heterocycles. The van der Waals surface area contributed by atoms with Gasteiger partial charge in [0.05, 0.1) is 20.6 Å². The summed E-state index contributed by atoms with van der Waals surface area (Å²) in [6.07, 6.45) is 23.0. The second-order valence-electron chi connectivity index (χ2n) is 8.62. The molecule has 168 valence electrons. The van der Waals surface area contributed by atoms with Crippen LogP contribution in [0.2, 0.25) is 0 Å². The summed E-state index contributed by atoms with van der Waals surface area (Å²) >= 11 is 0. The van der Waals surface area contributed by atoms with Crippen LogP contribution in [0.1, 0.15) is 96.8 Å². The van der Waals surface area contributed by atoms with Crippen LogP contribution in [0.25, 0.3) is 0 Å². The first-order chi connectivity index (χ1) is 13.3. The van der Waals surface area contributed by atoms with E-state index in [1.807, 2.05) is 0 Å². The van der Waals surface area contributed by atoms with Gasteiger partial charge in [-0.2, -0.15) is 0 Å². The van der Waals surface area contributed by atoms with Crippen LogP contribution >= 0.6 is 7.82 Å². The minimum atomic E-state index is -4.58. The smallest absolute Gasteiger partial charge is 0.265 e. The lowest BCUT2D eigenvalue weighted by atomic mass is 10.1. The molecule has 0 aliphatic heterocycles. The number of phosphoric ester groups is 1. The zero-order chi connectivity index (χ0) is 21.1. The third-order valence-electron chi connectivity index (χ3n) is 5.23. The molecule has 0 aromatic carbocycles. The van der Waals surface area contributed by atoms with E-state index in [2.05, 4.69) is 37.7 Å². The highest BCUT2D eigenvalue weighted by Crippen LogP contribution is 2.29. The molecule has 0 aliphatic carbocycles. The van der Waals surface area contributed by atoms with Crippen molar-refractivity contribution in [1.82, 2.24) is 0 Å². The molecule has 0 heterocycles. The van der Waals surface area contributed by atoms with E-state index >= 15 is 0 Å². The van der Waals surface area contributed by atoms with Crippen molar-refractivity contribution in [3.63, 3.8) is 0 Å². The van der Waals surface area contributed by atoms with Crippen molar-refractivity contribution >= 4 is 7.82 Å². The molecule has 0 spiro atoms. The van der Waals surface area contributed by atoms with Crippen molar-refractivity contribution in [2.45, 2.75) is 96.8 Å². The third-order valence-corrected chi connectivity index (χ3v) is 5.74. The lowest BCUT2D eigenvalue weighted by Crippen LogP contribution is -2.43. The van der Waals surface area contributed by atoms with E-state index in [0.29, 0.717) is 11.0 Å². The van der Waals surface area contributed by atoms with E-state index < -0.39 is 7.82 Å². The third kappa shape index (κ3) is 22.1. The van der Waals surface area contributed by atoms with Crippen LogP contribution in [0.3, 0.4) is 0 Å². The first-order valence-corrected chi connectivity index (χ1v) is 12.9. The van der Waals surface area contributed by atoms with Crippen LogP contribution in [0.15, 0.2) is 12.2 Å². The Morgan fingerprint density at radius 1 is 0.821 bits per heavy atom. The van der Waals surface area contributed by atoms with E-state index in [-0.39, 0.29) is 6.61 Å². The number of nitrogens with zero attached hydrogens (tertiary/aromatic N) is 1. The highest BCUT2D eigenvalue weighted by molar-refractivity contribution is 7.44. The predicted octanol–water partition coefficient (Wildman–Crippen LogP) is 5.58. The fraction of sp³-hybridized carbons (Fsp3) is 0.909. The van der Waals surface area contributed by atoms with Crippen LogP contribution in [0.4, 0.5) is 0 Å². The summed E-state index contributed by atoms with van der Waals surface area (Å²) in [5.41, 5.74) is 0. The van der Waals surface area contributed by atoms with Gasteiger partial charge in [0.1, 0.15) is 13.2 Å². The molecule has 1 atom stereocenters. The molecule has 1 N–H and O–H groups in total. The van der Waals surface area contributed by atoms with Crippen molar-refractivity contribution in [2.75, 3.05) is 33.8 Å². The van der Waals surface area contributed by atoms with Gasteiger partial charge in [-0.25, -0.2) is 0 Å². The largest absolute Gasteiger partial charge is 0.756 e. The van der Waals surface area contributed by atoms with Crippen LogP contribution in [-0.2, 0) is 9.09 Å². The van der Waals surface area contributed by atoms with Gasteiger partial charge in [0, 0.05) is 0 Å². The number of allylic oxidation sites excluding steroid dienone is 2. The number of unbranched alkanes of at least 4 members (excludes halogenated alkanes) is 12. The number of hydrogen-bond acceptors (Lipinski definition) is 3. The van der Waals surface area contributed by atoms with Crippen LogP contribution in [0.5, 0.6) is 0 Å². The van der Waals surface area contributed by atoms with Crippen molar-refractivity contribution in [1.29, 1.82) is 0 Å². The molecule has 0 amide bonds. The molecular weight excluding hydrogens is 373 g/mol. The van der Waals surface area contributed by atoms with Gasteiger partial charge in [-0.3, -0.25) is 4.57 Å². The molecule has 0 aromatic rings. The Hall–Kier alpha value is -0.190. The summed E-state index contributed by atoms with van der Waals surface area (Å²) in [6, 6.07) is 0. The molecule has 0 rings (SSSR count). The molecule has 0 aromatic heterocycles. The van der Waals surface area contributed by atoms with Gasteiger partial charge >= 0.3 is 0 Å². The lowest BCUT2D eigenvalue weighted by molar-refractivity contribution is -0.890. The normalized spacial score (nSPS) is 14.6. The first-order valence-electron chi connectivity index (χ1n) is 11.4. The quantitative estimate of drug-likeness (QED) is 0.121. The number of rotatable bonds is 20. The highest BCUT2D eigenvalue weighted by atomic mass is 31.2. The van der Waals surface area contributed by atoms with Crippen LogP contribution in [-0.4, -0.2) is 43.2 Å². The summed E-state index contributed by atoms with van der Waals surface area (Å²) in [6.45, 7) is 3.88. The molecule has 6 heteroatoms. The Labute approximate surface area is 174 Å². The lowest BCUT2D eigenvalue weighted by Gasteiger charge is -2.30. The topological polar surface area (TPSA) is 69.6 Å². The van der Waals surface area contributed by atoms with Gasteiger partial charge < -0.3 is 18.8 Å². The maximum Gasteiger partial charge on any atom is 0.265 e. The van der Waals surface area contributed by atoms with Crippen molar-refractivity contribution < 1.29 is 23.4 Å². The molecule has 5 nitrogen and oxygen atoms in total. The van der Waals surface area contributed by atoms with E-state index in [9.17, 15) is 9.46 Å². The Kier molecular flexibility index (Phi) is 17.5. The second-order valence-corrected chi connectivity index (χ2v) is 9.82. The zero-order valence-electron chi connectivity index (χ0n) is 18.7. The Morgan fingerprint density at radius 2 is 1.29 bits per heavy atom. The maximum absolute atomic E-state index is 10.6. The summed E-state index contributed by atoms with van der Waals surface area (Å²) in [7, 11) is -0.454. The Balaban J connectivity index is 3.38. The van der Waals surface area contributed by atoms with Crippen molar-refractivity contribution in [3.8, 4) is 0 Å². The van der Waals surface area contributed by atoms with Gasteiger partial charge in [0.15, 0.2) is 0 Å². The highest BCUT2D eigenvalue weighted by Gasteiger charge is 2.15. The molecule has 0 radical (unpaired) electrons. The van der Waals surface area contributed by atoms with Crippen molar-refractivity contribution in [3.05, 3.63) is 12.2 Å². The summed E-state index contributed by atoms with van der Waals surface area (Å²) in [5, 5.41) is 0. The summed E-state index contributed by atoms with van der Waals surface area (Å²) in [5.74, 6) is 0.